The fraction of sp³-hybridized carbons (Fsp3) is 0.300. The minimum Gasteiger partial charge on any atom is -0.481 e. The molecule has 7 heteroatoms. The van der Waals surface area contributed by atoms with Crippen LogP contribution in [0.1, 0.15) is 10.4 Å². The molecule has 1 fully saturated rings. The number of ether oxygens (including phenoxy) is 1. The van der Waals surface area contributed by atoms with Crippen LogP contribution in [-0.4, -0.2) is 53.9 Å². The van der Waals surface area contributed by atoms with Gasteiger partial charge in [-0.25, -0.2) is 9.07 Å². The maximum Gasteiger partial charge on any atom is 0.254 e. The van der Waals surface area contributed by atoms with Gasteiger partial charge < -0.3 is 14.5 Å². The summed E-state index contributed by atoms with van der Waals surface area (Å²) in [5.74, 6) is 0.407. The predicted octanol–water partition coefficient (Wildman–Crippen LogP) is 2.68. The van der Waals surface area contributed by atoms with Crippen molar-refractivity contribution in [2.45, 2.75) is 0 Å². The molecule has 1 aliphatic rings. The van der Waals surface area contributed by atoms with Gasteiger partial charge in [0.2, 0.25) is 5.88 Å². The van der Waals surface area contributed by atoms with Gasteiger partial charge in [0.1, 0.15) is 5.82 Å². The van der Waals surface area contributed by atoms with Gasteiger partial charge in [-0.3, -0.25) is 4.79 Å². The van der Waals surface area contributed by atoms with Gasteiger partial charge >= 0.3 is 0 Å². The molecule has 1 amide bonds. The minimum atomic E-state index is -0.230. The number of aromatic nitrogens is 2. The van der Waals surface area contributed by atoms with Crippen LogP contribution in [0, 0.1) is 5.82 Å². The second-order valence-corrected chi connectivity index (χ2v) is 6.60. The molecule has 0 atom stereocenters. The molecule has 0 N–H and O–H groups in total. The molecule has 0 bridgehead atoms. The number of carbonyl (C=O) groups is 1. The summed E-state index contributed by atoms with van der Waals surface area (Å²) in [5.41, 5.74) is 1.92. The molecule has 1 aromatic heterocycles. The van der Waals surface area contributed by atoms with Crippen molar-refractivity contribution in [1.29, 1.82) is 0 Å². The van der Waals surface area contributed by atoms with E-state index in [0.29, 0.717) is 43.3 Å². The molecule has 4 rings (SSSR count). The molecular formula is C20H21FN4O2. The van der Waals surface area contributed by atoms with Crippen LogP contribution in [0.15, 0.2) is 42.5 Å². The Balaban J connectivity index is 1.49. The van der Waals surface area contributed by atoms with Crippen molar-refractivity contribution in [3.63, 3.8) is 0 Å². The van der Waals surface area contributed by atoms with E-state index >= 15 is 0 Å². The summed E-state index contributed by atoms with van der Waals surface area (Å²) in [6.07, 6.45) is 0. The van der Waals surface area contributed by atoms with E-state index < -0.39 is 0 Å². The van der Waals surface area contributed by atoms with Crippen LogP contribution < -0.4 is 9.64 Å². The lowest BCUT2D eigenvalue weighted by Gasteiger charge is -2.36. The van der Waals surface area contributed by atoms with Gasteiger partial charge in [0.05, 0.1) is 23.7 Å². The normalized spacial score (nSPS) is 14.6. The third-order valence-corrected chi connectivity index (χ3v) is 4.98. The Hall–Kier alpha value is -3.09. The Morgan fingerprint density at radius 1 is 1.11 bits per heavy atom. The van der Waals surface area contributed by atoms with E-state index in [-0.39, 0.29) is 11.7 Å². The number of hydrogen-bond donors (Lipinski definition) is 0. The summed E-state index contributed by atoms with van der Waals surface area (Å²) in [6.45, 7) is 2.31. The number of para-hydroxylation sites is 1. The first-order valence-corrected chi connectivity index (χ1v) is 8.88. The summed E-state index contributed by atoms with van der Waals surface area (Å²) in [4.78, 5) is 16.7. The van der Waals surface area contributed by atoms with Crippen molar-refractivity contribution in [3.8, 4) is 5.88 Å². The zero-order chi connectivity index (χ0) is 19.0. The second-order valence-electron chi connectivity index (χ2n) is 6.60. The Bertz CT molecular complexity index is 993. The van der Waals surface area contributed by atoms with E-state index in [4.69, 9.17) is 4.74 Å². The van der Waals surface area contributed by atoms with Crippen LogP contribution >= 0.6 is 0 Å². The number of rotatable bonds is 3. The number of anilines is 1. The van der Waals surface area contributed by atoms with Gasteiger partial charge in [-0.2, -0.15) is 5.10 Å². The Labute approximate surface area is 156 Å². The molecule has 0 aliphatic carbocycles. The number of fused-ring (bicyclic) bond motifs is 1. The number of hydrogen-bond acceptors (Lipinski definition) is 4. The zero-order valence-corrected chi connectivity index (χ0v) is 15.4. The molecular weight excluding hydrogens is 347 g/mol. The molecule has 2 aromatic carbocycles. The van der Waals surface area contributed by atoms with Crippen molar-refractivity contribution in [1.82, 2.24) is 14.7 Å². The largest absolute Gasteiger partial charge is 0.481 e. The maximum absolute atomic E-state index is 14.0. The van der Waals surface area contributed by atoms with Crippen molar-refractivity contribution in [2.24, 2.45) is 7.05 Å². The highest BCUT2D eigenvalue weighted by Gasteiger charge is 2.24. The monoisotopic (exact) mass is 368 g/mol. The summed E-state index contributed by atoms with van der Waals surface area (Å²) < 4.78 is 21.0. The zero-order valence-electron chi connectivity index (χ0n) is 15.4. The van der Waals surface area contributed by atoms with Crippen LogP contribution in [-0.2, 0) is 7.05 Å². The molecule has 3 aromatic rings. The Morgan fingerprint density at radius 3 is 2.56 bits per heavy atom. The van der Waals surface area contributed by atoms with Crippen LogP contribution in [0.4, 0.5) is 10.1 Å². The number of methoxy groups -OCH3 is 1. The lowest BCUT2D eigenvalue weighted by Crippen LogP contribution is -2.49. The number of aryl methyl sites for hydroxylation is 1. The van der Waals surface area contributed by atoms with Crippen molar-refractivity contribution >= 4 is 22.5 Å². The second kappa shape index (κ2) is 6.90. The first-order valence-electron chi connectivity index (χ1n) is 8.88. The van der Waals surface area contributed by atoms with Crippen molar-refractivity contribution in [3.05, 3.63) is 53.8 Å². The van der Waals surface area contributed by atoms with Crippen LogP contribution in [0.5, 0.6) is 5.88 Å². The number of benzene rings is 2. The summed E-state index contributed by atoms with van der Waals surface area (Å²) in [6, 6.07) is 12.2. The SMILES string of the molecule is COc1c2ccc(C(=O)N3CCN(c4ccccc4F)CC3)cc2nn1C. The van der Waals surface area contributed by atoms with Crippen LogP contribution in [0.3, 0.4) is 0 Å². The van der Waals surface area contributed by atoms with Crippen molar-refractivity contribution in [2.75, 3.05) is 38.2 Å². The van der Waals surface area contributed by atoms with Crippen LogP contribution in [0.2, 0.25) is 0 Å². The average Bonchev–Trinajstić information content (AvgIpc) is 3.02. The number of piperazine rings is 1. The van der Waals surface area contributed by atoms with E-state index in [0.717, 1.165) is 10.9 Å². The fourth-order valence-electron chi connectivity index (χ4n) is 3.59. The first-order chi connectivity index (χ1) is 13.1. The molecule has 1 aliphatic heterocycles. The molecule has 0 unspecified atom stereocenters. The van der Waals surface area contributed by atoms with Gasteiger partial charge in [0.25, 0.3) is 5.91 Å². The number of halogens is 1. The summed E-state index contributed by atoms with van der Waals surface area (Å²) in [7, 11) is 3.41. The highest BCUT2D eigenvalue weighted by atomic mass is 19.1. The lowest BCUT2D eigenvalue weighted by molar-refractivity contribution is 0.0747. The Kier molecular flexibility index (Phi) is 4.43. The molecule has 6 nitrogen and oxygen atoms in total. The molecule has 0 spiro atoms. The molecule has 1 saturated heterocycles. The predicted molar refractivity (Wildman–Crippen MR) is 102 cm³/mol. The van der Waals surface area contributed by atoms with E-state index in [1.807, 2.05) is 24.1 Å². The molecule has 27 heavy (non-hydrogen) atoms. The van der Waals surface area contributed by atoms with E-state index in [9.17, 15) is 9.18 Å². The van der Waals surface area contributed by atoms with Crippen molar-refractivity contribution < 1.29 is 13.9 Å². The van der Waals surface area contributed by atoms with E-state index in [2.05, 4.69) is 5.10 Å². The first kappa shape index (κ1) is 17.3. The summed E-state index contributed by atoms with van der Waals surface area (Å²) in [5, 5.41) is 5.28. The molecule has 0 saturated carbocycles. The quantitative estimate of drug-likeness (QED) is 0.713. The topological polar surface area (TPSA) is 50.6 Å². The Morgan fingerprint density at radius 2 is 1.85 bits per heavy atom. The number of nitrogens with zero attached hydrogens (tertiary/aromatic N) is 4. The smallest absolute Gasteiger partial charge is 0.254 e. The lowest BCUT2D eigenvalue weighted by atomic mass is 10.1. The standard InChI is InChI=1S/C20H21FN4O2/c1-23-20(27-2)15-8-7-14(13-17(15)22-23)19(26)25-11-9-24(10-12-25)18-6-4-3-5-16(18)21/h3-8,13H,9-12H2,1-2H3. The highest BCUT2D eigenvalue weighted by Crippen LogP contribution is 2.26. The van der Waals surface area contributed by atoms with E-state index in [1.54, 1.807) is 41.0 Å². The van der Waals surface area contributed by atoms with Gasteiger partial charge in [-0.1, -0.05) is 12.1 Å². The van der Waals surface area contributed by atoms with Crippen LogP contribution in [0.25, 0.3) is 10.9 Å². The summed E-state index contributed by atoms with van der Waals surface area (Å²) >= 11 is 0. The molecule has 2 heterocycles. The van der Waals surface area contributed by atoms with Gasteiger partial charge in [0, 0.05) is 38.8 Å². The molecule has 140 valence electrons. The van der Waals surface area contributed by atoms with Gasteiger partial charge in [-0.05, 0) is 30.3 Å². The number of amides is 1. The maximum atomic E-state index is 14.0. The third kappa shape index (κ3) is 3.09. The highest BCUT2D eigenvalue weighted by molar-refractivity contribution is 5.98. The third-order valence-electron chi connectivity index (χ3n) is 4.98. The minimum absolute atomic E-state index is 0.0327. The fourth-order valence-corrected chi connectivity index (χ4v) is 3.59. The molecule has 0 radical (unpaired) electrons. The average molecular weight is 368 g/mol. The van der Waals surface area contributed by atoms with E-state index in [1.165, 1.54) is 6.07 Å². The number of carbonyl (C=O) groups excluding carboxylic acids is 1. The van der Waals surface area contributed by atoms with Gasteiger partial charge in [-0.15, -0.1) is 0 Å². The van der Waals surface area contributed by atoms with Gasteiger partial charge in [0.15, 0.2) is 0 Å².